The largest absolute Gasteiger partial charge is 0.496 e. The van der Waals surface area contributed by atoms with Gasteiger partial charge in [-0.25, -0.2) is 13.4 Å². The van der Waals surface area contributed by atoms with Crippen LogP contribution in [-0.2, 0) is 10.0 Å². The first-order chi connectivity index (χ1) is 15.4. The van der Waals surface area contributed by atoms with Crippen LogP contribution in [-0.4, -0.2) is 37.9 Å². The van der Waals surface area contributed by atoms with Crippen LogP contribution in [0.2, 0.25) is 0 Å². The Kier molecular flexibility index (Phi) is 6.29. The fraction of sp³-hybridized carbons (Fsp3) is 0.217. The van der Waals surface area contributed by atoms with Crippen molar-refractivity contribution in [1.29, 1.82) is 0 Å². The Hall–Kier alpha value is -3.17. The minimum absolute atomic E-state index is 0.00183. The molecule has 0 spiro atoms. The van der Waals surface area contributed by atoms with E-state index in [0.717, 1.165) is 16.8 Å². The van der Waals surface area contributed by atoms with E-state index in [2.05, 4.69) is 9.82 Å². The van der Waals surface area contributed by atoms with Crippen LogP contribution in [0.3, 0.4) is 0 Å². The van der Waals surface area contributed by atoms with Crippen LogP contribution in [0.4, 0.5) is 5.69 Å². The molecule has 32 heavy (non-hydrogen) atoms. The van der Waals surface area contributed by atoms with Gasteiger partial charge in [0.1, 0.15) is 5.75 Å². The van der Waals surface area contributed by atoms with E-state index < -0.39 is 10.0 Å². The molecule has 1 atom stereocenters. The number of benzene rings is 2. The SMILES string of the molecule is CCS(=O)(=O)Nc1ccc(C2=NN(C(=O)c3cccs3)[C@H](c3ccccc3OC)C2)cc1. The van der Waals surface area contributed by atoms with Crippen LogP contribution in [0.1, 0.15) is 40.2 Å². The number of amides is 1. The predicted octanol–water partition coefficient (Wildman–Crippen LogP) is 4.51. The lowest BCUT2D eigenvalue weighted by molar-refractivity contribution is 0.0714. The second-order valence-corrected chi connectivity index (χ2v) is 10.2. The first-order valence-corrected chi connectivity index (χ1v) is 12.6. The van der Waals surface area contributed by atoms with E-state index in [4.69, 9.17) is 4.74 Å². The fourth-order valence-corrected chi connectivity index (χ4v) is 4.85. The van der Waals surface area contributed by atoms with Crippen molar-refractivity contribution in [2.75, 3.05) is 17.6 Å². The number of thiophene rings is 1. The Balaban J connectivity index is 1.67. The second kappa shape index (κ2) is 9.13. The number of anilines is 1. The monoisotopic (exact) mass is 469 g/mol. The quantitative estimate of drug-likeness (QED) is 0.551. The van der Waals surface area contributed by atoms with Crippen LogP contribution < -0.4 is 9.46 Å². The molecule has 0 saturated heterocycles. The molecule has 1 aliphatic heterocycles. The maximum absolute atomic E-state index is 13.2. The molecule has 0 radical (unpaired) electrons. The zero-order valence-corrected chi connectivity index (χ0v) is 19.3. The summed E-state index contributed by atoms with van der Waals surface area (Å²) in [5.74, 6) is 0.530. The van der Waals surface area contributed by atoms with Crippen molar-refractivity contribution in [3.63, 3.8) is 0 Å². The maximum atomic E-state index is 13.2. The lowest BCUT2D eigenvalue weighted by Gasteiger charge is -2.23. The molecule has 0 bridgehead atoms. The Morgan fingerprint density at radius 2 is 1.91 bits per heavy atom. The number of rotatable bonds is 7. The van der Waals surface area contributed by atoms with Crippen molar-refractivity contribution in [2.45, 2.75) is 19.4 Å². The second-order valence-electron chi connectivity index (χ2n) is 7.22. The standard InChI is InChI=1S/C23H23N3O4S2/c1-3-32(28,29)25-17-12-10-16(11-13-17)19-15-20(18-7-4-5-8-21(18)30-2)26(24-19)23(27)22-9-6-14-31-22/h4-14,20,25H,3,15H2,1-2H3/t20-/m0/s1. The molecule has 2 heterocycles. The van der Waals surface area contributed by atoms with Crippen LogP contribution in [0.5, 0.6) is 5.75 Å². The molecule has 1 aliphatic rings. The van der Waals surface area contributed by atoms with Gasteiger partial charge in [-0.3, -0.25) is 9.52 Å². The number of hydrogen-bond acceptors (Lipinski definition) is 6. The minimum atomic E-state index is -3.35. The first kappa shape index (κ1) is 22.0. The van der Waals surface area contributed by atoms with Crippen LogP contribution in [0.25, 0.3) is 0 Å². The minimum Gasteiger partial charge on any atom is -0.496 e. The Morgan fingerprint density at radius 3 is 2.56 bits per heavy atom. The van der Waals surface area contributed by atoms with Gasteiger partial charge in [0, 0.05) is 17.7 Å². The summed E-state index contributed by atoms with van der Waals surface area (Å²) in [5, 5.41) is 8.06. The Bertz CT molecular complexity index is 1240. The molecule has 1 amide bonds. The number of carbonyl (C=O) groups is 1. The number of hydrogen-bond donors (Lipinski definition) is 1. The molecule has 0 fully saturated rings. The molecule has 9 heteroatoms. The summed E-state index contributed by atoms with van der Waals surface area (Å²) >= 11 is 1.37. The van der Waals surface area contributed by atoms with Crippen molar-refractivity contribution in [2.24, 2.45) is 5.10 Å². The van der Waals surface area contributed by atoms with Crippen molar-refractivity contribution in [1.82, 2.24) is 5.01 Å². The number of carbonyl (C=O) groups excluding carboxylic acids is 1. The predicted molar refractivity (Wildman–Crippen MR) is 127 cm³/mol. The summed E-state index contributed by atoms with van der Waals surface area (Å²) in [6.45, 7) is 1.58. The van der Waals surface area contributed by atoms with Crippen molar-refractivity contribution in [3.8, 4) is 5.75 Å². The molecule has 2 aromatic carbocycles. The number of hydrazone groups is 1. The van der Waals surface area contributed by atoms with Crippen molar-refractivity contribution in [3.05, 3.63) is 82.0 Å². The highest BCUT2D eigenvalue weighted by atomic mass is 32.2. The van der Waals surface area contributed by atoms with E-state index >= 15 is 0 Å². The fourth-order valence-electron chi connectivity index (χ4n) is 3.55. The molecule has 0 unspecified atom stereocenters. The lowest BCUT2D eigenvalue weighted by Crippen LogP contribution is -2.26. The first-order valence-electron chi connectivity index (χ1n) is 10.1. The van der Waals surface area contributed by atoms with E-state index in [1.54, 1.807) is 32.2 Å². The van der Waals surface area contributed by atoms with Gasteiger partial charge in [0.25, 0.3) is 5.91 Å². The third kappa shape index (κ3) is 4.53. The number of methoxy groups -OCH3 is 1. The molecular formula is C23H23N3O4S2. The van der Waals surface area contributed by atoms with Crippen LogP contribution in [0, 0.1) is 0 Å². The van der Waals surface area contributed by atoms with E-state index in [1.165, 1.54) is 16.3 Å². The average molecular weight is 470 g/mol. The smallest absolute Gasteiger partial charge is 0.284 e. The summed E-state index contributed by atoms with van der Waals surface area (Å²) in [6.07, 6.45) is 0.511. The molecule has 1 aromatic heterocycles. The molecule has 0 aliphatic carbocycles. The summed E-state index contributed by atoms with van der Waals surface area (Å²) < 4.78 is 31.7. The summed E-state index contributed by atoms with van der Waals surface area (Å²) in [5.41, 5.74) is 2.94. The summed E-state index contributed by atoms with van der Waals surface area (Å²) in [6, 6.07) is 18.0. The van der Waals surface area contributed by atoms with Gasteiger partial charge in [0.15, 0.2) is 0 Å². The third-order valence-electron chi connectivity index (χ3n) is 5.22. The Morgan fingerprint density at radius 1 is 1.16 bits per heavy atom. The zero-order chi connectivity index (χ0) is 22.7. The van der Waals surface area contributed by atoms with E-state index in [-0.39, 0.29) is 17.7 Å². The van der Waals surface area contributed by atoms with Crippen LogP contribution in [0.15, 0.2) is 71.1 Å². The topological polar surface area (TPSA) is 88.1 Å². The van der Waals surface area contributed by atoms with Crippen molar-refractivity contribution >= 4 is 38.7 Å². The zero-order valence-electron chi connectivity index (χ0n) is 17.7. The molecule has 4 rings (SSSR count). The third-order valence-corrected chi connectivity index (χ3v) is 7.38. The average Bonchev–Trinajstić information content (AvgIpc) is 3.49. The molecule has 1 N–H and O–H groups in total. The van der Waals surface area contributed by atoms with E-state index in [0.29, 0.717) is 22.7 Å². The summed E-state index contributed by atoms with van der Waals surface area (Å²) in [4.78, 5) is 13.8. The van der Waals surface area contributed by atoms with Gasteiger partial charge in [-0.05, 0) is 42.1 Å². The maximum Gasteiger partial charge on any atom is 0.284 e. The molecular weight excluding hydrogens is 446 g/mol. The number of nitrogens with zero attached hydrogens (tertiary/aromatic N) is 2. The van der Waals surface area contributed by atoms with E-state index in [9.17, 15) is 13.2 Å². The van der Waals surface area contributed by atoms with Gasteiger partial charge in [-0.1, -0.05) is 36.4 Å². The number of sulfonamides is 1. The van der Waals surface area contributed by atoms with Gasteiger partial charge in [0.05, 0.1) is 29.5 Å². The molecule has 7 nitrogen and oxygen atoms in total. The van der Waals surface area contributed by atoms with Gasteiger partial charge < -0.3 is 4.74 Å². The number of nitrogens with one attached hydrogen (secondary N) is 1. The molecule has 0 saturated carbocycles. The molecule has 166 valence electrons. The molecule has 3 aromatic rings. The van der Waals surface area contributed by atoms with Gasteiger partial charge >= 0.3 is 0 Å². The summed E-state index contributed by atoms with van der Waals surface area (Å²) in [7, 11) is -1.74. The highest BCUT2D eigenvalue weighted by Crippen LogP contribution is 2.38. The highest BCUT2D eigenvalue weighted by Gasteiger charge is 2.35. The van der Waals surface area contributed by atoms with Crippen LogP contribution >= 0.6 is 11.3 Å². The Labute approximate surface area is 191 Å². The normalized spacial score (nSPS) is 16.0. The van der Waals surface area contributed by atoms with Gasteiger partial charge in [-0.15, -0.1) is 11.3 Å². The van der Waals surface area contributed by atoms with Gasteiger partial charge in [0.2, 0.25) is 10.0 Å². The van der Waals surface area contributed by atoms with E-state index in [1.807, 2.05) is 47.8 Å². The lowest BCUT2D eigenvalue weighted by atomic mass is 9.97. The highest BCUT2D eigenvalue weighted by molar-refractivity contribution is 7.92. The number of ether oxygens (including phenoxy) is 1. The van der Waals surface area contributed by atoms with Crippen molar-refractivity contribution < 1.29 is 17.9 Å². The van der Waals surface area contributed by atoms with Gasteiger partial charge in [-0.2, -0.15) is 5.10 Å². The number of para-hydroxylation sites is 1.